The molecule has 0 radical (unpaired) electrons. The molecule has 0 bridgehead atoms. The standard InChI is InChI=1S/C14H18N4O/c1-10(2)18-8-5-12(9-18)14-17-16-13(19-14)11-3-6-15-7-4-11/h3-4,6-7,10,12H,5,8-9H2,1-2H3. The minimum atomic E-state index is 0.366. The average Bonchev–Trinajstić information content (AvgIpc) is 3.09. The van der Waals surface area contributed by atoms with E-state index in [1.165, 1.54) is 0 Å². The maximum atomic E-state index is 5.81. The van der Waals surface area contributed by atoms with Gasteiger partial charge in [0, 0.05) is 30.5 Å². The van der Waals surface area contributed by atoms with Gasteiger partial charge in [0.1, 0.15) is 0 Å². The van der Waals surface area contributed by atoms with Crippen molar-refractivity contribution in [3.05, 3.63) is 30.4 Å². The second-order valence-corrected chi connectivity index (χ2v) is 5.26. The van der Waals surface area contributed by atoms with Crippen molar-refractivity contribution in [1.82, 2.24) is 20.1 Å². The van der Waals surface area contributed by atoms with Crippen molar-refractivity contribution >= 4 is 0 Å². The summed E-state index contributed by atoms with van der Waals surface area (Å²) in [6.07, 6.45) is 4.56. The molecule has 0 amide bonds. The molecule has 1 fully saturated rings. The van der Waals surface area contributed by atoms with Crippen LogP contribution in [0.1, 0.15) is 32.1 Å². The summed E-state index contributed by atoms with van der Waals surface area (Å²) in [7, 11) is 0. The molecule has 0 saturated carbocycles. The number of hydrogen-bond donors (Lipinski definition) is 0. The Labute approximate surface area is 112 Å². The van der Waals surface area contributed by atoms with Crippen LogP contribution in [0.15, 0.2) is 28.9 Å². The Morgan fingerprint density at radius 1 is 1.26 bits per heavy atom. The fourth-order valence-electron chi connectivity index (χ4n) is 2.47. The van der Waals surface area contributed by atoms with Crippen LogP contribution in [0.3, 0.4) is 0 Å². The molecule has 1 aliphatic heterocycles. The molecular formula is C14H18N4O. The van der Waals surface area contributed by atoms with Crippen LogP contribution in [0.25, 0.3) is 11.5 Å². The molecule has 2 aromatic rings. The van der Waals surface area contributed by atoms with Crippen LogP contribution in [-0.2, 0) is 0 Å². The van der Waals surface area contributed by atoms with Crippen molar-refractivity contribution < 1.29 is 4.42 Å². The average molecular weight is 258 g/mol. The zero-order chi connectivity index (χ0) is 13.2. The molecule has 0 spiro atoms. The van der Waals surface area contributed by atoms with Crippen LogP contribution in [0.2, 0.25) is 0 Å². The van der Waals surface area contributed by atoms with Gasteiger partial charge >= 0.3 is 0 Å². The van der Waals surface area contributed by atoms with Crippen molar-refractivity contribution in [3.8, 4) is 11.5 Å². The van der Waals surface area contributed by atoms with Gasteiger partial charge in [-0.05, 0) is 38.9 Å². The maximum Gasteiger partial charge on any atom is 0.247 e. The van der Waals surface area contributed by atoms with Crippen molar-refractivity contribution in [2.45, 2.75) is 32.2 Å². The number of aromatic nitrogens is 3. The van der Waals surface area contributed by atoms with Gasteiger partial charge in [-0.25, -0.2) is 0 Å². The Balaban J connectivity index is 1.76. The molecule has 1 atom stereocenters. The monoisotopic (exact) mass is 258 g/mol. The Morgan fingerprint density at radius 3 is 2.74 bits per heavy atom. The van der Waals surface area contributed by atoms with E-state index in [0.29, 0.717) is 17.9 Å². The van der Waals surface area contributed by atoms with Gasteiger partial charge in [0.2, 0.25) is 11.8 Å². The highest BCUT2D eigenvalue weighted by atomic mass is 16.4. The smallest absolute Gasteiger partial charge is 0.247 e. The van der Waals surface area contributed by atoms with E-state index in [4.69, 9.17) is 4.42 Å². The Hall–Kier alpha value is -1.75. The van der Waals surface area contributed by atoms with E-state index < -0.39 is 0 Å². The molecule has 1 saturated heterocycles. The number of pyridine rings is 1. The van der Waals surface area contributed by atoms with E-state index in [9.17, 15) is 0 Å². The van der Waals surface area contributed by atoms with Crippen LogP contribution in [-0.4, -0.2) is 39.2 Å². The van der Waals surface area contributed by atoms with Gasteiger partial charge < -0.3 is 9.32 Å². The number of likely N-dealkylation sites (tertiary alicyclic amines) is 1. The van der Waals surface area contributed by atoms with Crippen LogP contribution < -0.4 is 0 Å². The van der Waals surface area contributed by atoms with Crippen molar-refractivity contribution in [2.24, 2.45) is 0 Å². The summed E-state index contributed by atoms with van der Waals surface area (Å²) >= 11 is 0. The van der Waals surface area contributed by atoms with E-state index in [0.717, 1.165) is 31.0 Å². The first-order valence-corrected chi connectivity index (χ1v) is 6.72. The van der Waals surface area contributed by atoms with Crippen LogP contribution in [0.5, 0.6) is 0 Å². The minimum absolute atomic E-state index is 0.366. The van der Waals surface area contributed by atoms with Crippen LogP contribution in [0, 0.1) is 0 Å². The first-order chi connectivity index (χ1) is 9.24. The minimum Gasteiger partial charge on any atom is -0.420 e. The SMILES string of the molecule is CC(C)N1CCC(c2nnc(-c3ccncc3)o2)C1. The summed E-state index contributed by atoms with van der Waals surface area (Å²) in [6, 6.07) is 4.34. The third kappa shape index (κ3) is 2.51. The summed E-state index contributed by atoms with van der Waals surface area (Å²) in [5.74, 6) is 1.71. The highest BCUT2D eigenvalue weighted by Crippen LogP contribution is 2.29. The Bertz CT molecular complexity index is 537. The molecule has 0 N–H and O–H groups in total. The molecule has 1 unspecified atom stereocenters. The van der Waals surface area contributed by atoms with E-state index >= 15 is 0 Å². The van der Waals surface area contributed by atoms with Gasteiger partial charge in [-0.15, -0.1) is 10.2 Å². The summed E-state index contributed by atoms with van der Waals surface area (Å²) in [5, 5.41) is 8.34. The lowest BCUT2D eigenvalue weighted by molar-refractivity contribution is 0.269. The predicted molar refractivity (Wildman–Crippen MR) is 71.6 cm³/mol. The van der Waals surface area contributed by atoms with E-state index in [2.05, 4.69) is 33.9 Å². The van der Waals surface area contributed by atoms with Crippen molar-refractivity contribution in [3.63, 3.8) is 0 Å². The molecule has 3 rings (SSSR count). The fraction of sp³-hybridized carbons (Fsp3) is 0.500. The third-order valence-electron chi connectivity index (χ3n) is 3.67. The van der Waals surface area contributed by atoms with Gasteiger partial charge in [0.25, 0.3) is 0 Å². The quantitative estimate of drug-likeness (QED) is 0.845. The van der Waals surface area contributed by atoms with Gasteiger partial charge in [0.05, 0.1) is 5.92 Å². The molecule has 3 heterocycles. The van der Waals surface area contributed by atoms with Crippen LogP contribution in [0.4, 0.5) is 0 Å². The van der Waals surface area contributed by atoms with E-state index in [1.54, 1.807) is 12.4 Å². The highest BCUT2D eigenvalue weighted by Gasteiger charge is 2.29. The fourth-order valence-corrected chi connectivity index (χ4v) is 2.47. The molecule has 0 aliphatic carbocycles. The summed E-state index contributed by atoms with van der Waals surface area (Å²) in [4.78, 5) is 6.43. The molecular weight excluding hydrogens is 240 g/mol. The normalized spacial score (nSPS) is 20.3. The second-order valence-electron chi connectivity index (χ2n) is 5.26. The lowest BCUT2D eigenvalue weighted by Gasteiger charge is -2.19. The molecule has 5 heteroatoms. The summed E-state index contributed by atoms with van der Waals surface area (Å²) in [6.45, 7) is 6.56. The first-order valence-electron chi connectivity index (χ1n) is 6.72. The Morgan fingerprint density at radius 2 is 2.05 bits per heavy atom. The maximum absolute atomic E-state index is 5.81. The largest absolute Gasteiger partial charge is 0.420 e. The molecule has 2 aromatic heterocycles. The molecule has 100 valence electrons. The summed E-state index contributed by atoms with van der Waals surface area (Å²) in [5.41, 5.74) is 0.924. The molecule has 19 heavy (non-hydrogen) atoms. The number of hydrogen-bond acceptors (Lipinski definition) is 5. The van der Waals surface area contributed by atoms with E-state index in [-0.39, 0.29) is 0 Å². The van der Waals surface area contributed by atoms with Gasteiger partial charge in [0.15, 0.2) is 0 Å². The molecule has 5 nitrogen and oxygen atoms in total. The lowest BCUT2D eigenvalue weighted by Crippen LogP contribution is -2.27. The topological polar surface area (TPSA) is 55.1 Å². The first kappa shape index (κ1) is 12.3. The van der Waals surface area contributed by atoms with Gasteiger partial charge in [-0.3, -0.25) is 4.98 Å². The van der Waals surface area contributed by atoms with Crippen molar-refractivity contribution in [2.75, 3.05) is 13.1 Å². The summed E-state index contributed by atoms with van der Waals surface area (Å²) < 4.78 is 5.81. The predicted octanol–water partition coefficient (Wildman–Crippen LogP) is 2.33. The van der Waals surface area contributed by atoms with E-state index in [1.807, 2.05) is 12.1 Å². The Kier molecular flexibility index (Phi) is 3.29. The van der Waals surface area contributed by atoms with Crippen molar-refractivity contribution in [1.29, 1.82) is 0 Å². The van der Waals surface area contributed by atoms with Gasteiger partial charge in [-0.1, -0.05) is 0 Å². The van der Waals surface area contributed by atoms with Crippen LogP contribution >= 0.6 is 0 Å². The second kappa shape index (κ2) is 5.09. The highest BCUT2D eigenvalue weighted by molar-refractivity contribution is 5.50. The third-order valence-corrected chi connectivity index (χ3v) is 3.67. The molecule has 1 aliphatic rings. The zero-order valence-corrected chi connectivity index (χ0v) is 11.3. The van der Waals surface area contributed by atoms with Gasteiger partial charge in [-0.2, -0.15) is 0 Å². The number of nitrogens with zero attached hydrogens (tertiary/aromatic N) is 4. The zero-order valence-electron chi connectivity index (χ0n) is 11.3. The number of rotatable bonds is 3. The molecule has 0 aromatic carbocycles. The lowest BCUT2D eigenvalue weighted by atomic mass is 10.1.